The molecule has 0 bridgehead atoms. The first-order valence-electron chi connectivity index (χ1n) is 22.4. The molecule has 4 rings (SSSR count). The highest BCUT2D eigenvalue weighted by Crippen LogP contribution is 2.41. The first kappa shape index (κ1) is 52.3. The number of carbonyl (C=O) groups is 6. The number of hydrogen-bond donors (Lipinski definition) is 0. The molecule has 1 saturated carbocycles. The minimum Gasteiger partial charge on any atom is -0.493 e. The van der Waals surface area contributed by atoms with Crippen molar-refractivity contribution in [2.75, 3.05) is 40.6 Å². The zero-order valence-electron chi connectivity index (χ0n) is 38.8. The summed E-state index contributed by atoms with van der Waals surface area (Å²) in [4.78, 5) is 74.2. The molecule has 0 aliphatic heterocycles. The Kier molecular flexibility index (Phi) is 20.6. The predicted molar refractivity (Wildman–Crippen MR) is 245 cm³/mol. The molecule has 1 aliphatic rings. The van der Waals surface area contributed by atoms with Crippen molar-refractivity contribution in [2.24, 2.45) is 11.3 Å². The van der Waals surface area contributed by atoms with Gasteiger partial charge in [-0.1, -0.05) is 82.2 Å². The molecule has 1 fully saturated rings. The molecule has 3 aromatic carbocycles. The van der Waals surface area contributed by atoms with Gasteiger partial charge in [-0.05, 0) is 92.3 Å². The molecule has 356 valence electrons. The van der Waals surface area contributed by atoms with Gasteiger partial charge in [-0.2, -0.15) is 0 Å². The number of unbranched alkanes of at least 4 members (excludes halogenated alkanes) is 2. The summed E-state index contributed by atoms with van der Waals surface area (Å²) < 4.78 is 53.6. The maximum atomic E-state index is 15.9. The highest BCUT2D eigenvalue weighted by molar-refractivity contribution is 5.91. The Morgan fingerprint density at radius 3 is 1.73 bits per heavy atom. The van der Waals surface area contributed by atoms with Crippen LogP contribution in [0.4, 0.5) is 4.39 Å². The van der Waals surface area contributed by atoms with Crippen molar-refractivity contribution in [3.8, 4) is 33.8 Å². The maximum Gasteiger partial charge on any atom is 0.338 e. The summed E-state index contributed by atoms with van der Waals surface area (Å²) in [5, 5.41) is 0. The Hall–Kier alpha value is -6.31. The molecule has 1 aliphatic carbocycles. The largest absolute Gasteiger partial charge is 0.493 e. The first-order chi connectivity index (χ1) is 31.6. The quantitative estimate of drug-likeness (QED) is 0.0259. The van der Waals surface area contributed by atoms with Gasteiger partial charge in [0.1, 0.15) is 49.2 Å². The third-order valence-electron chi connectivity index (χ3n) is 11.5. The second-order valence-corrected chi connectivity index (χ2v) is 17.0. The van der Waals surface area contributed by atoms with Gasteiger partial charge in [0.2, 0.25) is 0 Å². The van der Waals surface area contributed by atoms with Crippen molar-refractivity contribution in [1.82, 2.24) is 0 Å². The zero-order chi connectivity index (χ0) is 48.2. The van der Waals surface area contributed by atoms with E-state index in [1.165, 1.54) is 53.8 Å². The highest BCUT2D eigenvalue weighted by atomic mass is 19.1. The van der Waals surface area contributed by atoms with Crippen LogP contribution in [0.25, 0.3) is 22.3 Å². The molecule has 0 heterocycles. The van der Waals surface area contributed by atoms with Crippen molar-refractivity contribution in [1.29, 1.82) is 0 Å². The van der Waals surface area contributed by atoms with Gasteiger partial charge in [-0.15, -0.1) is 0 Å². The monoisotopic (exact) mass is 914 g/mol. The Morgan fingerprint density at radius 2 is 1.18 bits per heavy atom. The molecule has 0 aromatic heterocycles. The second-order valence-electron chi connectivity index (χ2n) is 17.0. The van der Waals surface area contributed by atoms with Crippen molar-refractivity contribution in [3.63, 3.8) is 0 Å². The highest BCUT2D eigenvalue weighted by Gasteiger charge is 2.38. The third-order valence-corrected chi connectivity index (χ3v) is 11.5. The number of ether oxygens (including phenoxy) is 7. The van der Waals surface area contributed by atoms with Crippen molar-refractivity contribution in [3.05, 3.63) is 96.3 Å². The van der Waals surface area contributed by atoms with Gasteiger partial charge in [0.25, 0.3) is 0 Å². The summed E-state index contributed by atoms with van der Waals surface area (Å²) in [5.41, 5.74) is 1.78. The van der Waals surface area contributed by atoms with Crippen LogP contribution < -0.4 is 9.47 Å². The molecule has 0 atom stereocenters. The molecular weight excluding hydrogens is 852 g/mol. The average Bonchev–Trinajstić information content (AvgIpc) is 3.32. The molecule has 0 spiro atoms. The van der Waals surface area contributed by atoms with Gasteiger partial charge in [-0.25, -0.2) is 14.0 Å². The summed E-state index contributed by atoms with van der Waals surface area (Å²) in [6.07, 6.45) is 8.29. The lowest BCUT2D eigenvalue weighted by Crippen LogP contribution is -2.44. The standard InChI is InChI=1S/C52H63FO13/c1-8-9-10-11-36-12-14-37(15-13-36)39-18-22-42(44(53)28-39)40-19-23-43(45(29-40)66-51(59)35(4)5)38-16-20-41(21-17-38)62-30-52(33-65-50(58)34(2)3,31-63-48(56)26-24-46(54)60-6)32-64-49(57)27-25-47(55)61-7/h16-23,28-29,36-37H,2,4,8-15,24-27,30-33H2,1,3,5-7H3. The van der Waals surface area contributed by atoms with Crippen molar-refractivity contribution in [2.45, 2.75) is 104 Å². The van der Waals surface area contributed by atoms with Crippen LogP contribution in [-0.4, -0.2) is 76.5 Å². The Balaban J connectivity index is 1.58. The number of hydrogen-bond acceptors (Lipinski definition) is 13. The molecule has 0 saturated heterocycles. The fourth-order valence-electron chi connectivity index (χ4n) is 7.47. The lowest BCUT2D eigenvalue weighted by molar-refractivity contribution is -0.165. The molecule has 14 heteroatoms. The smallest absolute Gasteiger partial charge is 0.338 e. The number of benzene rings is 3. The van der Waals surface area contributed by atoms with E-state index >= 15 is 4.39 Å². The Labute approximate surface area is 386 Å². The molecular formula is C52H63FO13. The van der Waals surface area contributed by atoms with E-state index in [0.717, 1.165) is 37.2 Å². The summed E-state index contributed by atoms with van der Waals surface area (Å²) in [6, 6.07) is 17.2. The summed E-state index contributed by atoms with van der Waals surface area (Å²) in [7, 11) is 2.37. The number of esters is 6. The van der Waals surface area contributed by atoms with Gasteiger partial charge in [-0.3, -0.25) is 19.2 Å². The van der Waals surface area contributed by atoms with E-state index in [1.807, 2.05) is 6.07 Å². The topological polar surface area (TPSA) is 167 Å². The van der Waals surface area contributed by atoms with E-state index in [9.17, 15) is 28.8 Å². The van der Waals surface area contributed by atoms with Crippen molar-refractivity contribution < 1.29 is 66.3 Å². The Bertz CT molecular complexity index is 2150. The van der Waals surface area contributed by atoms with Crippen LogP contribution in [0.5, 0.6) is 11.5 Å². The molecule has 3 aromatic rings. The van der Waals surface area contributed by atoms with Crippen LogP contribution in [0, 0.1) is 17.2 Å². The summed E-state index contributed by atoms with van der Waals surface area (Å²) in [5.74, 6) is -3.06. The molecule has 0 N–H and O–H groups in total. The molecule has 66 heavy (non-hydrogen) atoms. The SMILES string of the molecule is C=C(C)C(=O)OCC(COC(=O)CCC(=O)OC)(COC(=O)CCC(=O)OC)COc1ccc(-c2ccc(-c3ccc(C4CCC(CCCCC)CC4)cc3F)cc2OC(=O)C(=C)C)cc1. The van der Waals surface area contributed by atoms with E-state index < -0.39 is 61.1 Å². The Morgan fingerprint density at radius 1 is 0.636 bits per heavy atom. The van der Waals surface area contributed by atoms with E-state index in [4.69, 9.17) is 23.7 Å². The van der Waals surface area contributed by atoms with E-state index in [-0.39, 0.29) is 55.0 Å². The number of halogens is 1. The lowest BCUT2D eigenvalue weighted by atomic mass is 9.77. The van der Waals surface area contributed by atoms with Gasteiger partial charge in [0.15, 0.2) is 0 Å². The van der Waals surface area contributed by atoms with Crippen molar-refractivity contribution >= 4 is 35.8 Å². The van der Waals surface area contributed by atoms with Crippen LogP contribution in [0.3, 0.4) is 0 Å². The van der Waals surface area contributed by atoms with E-state index in [0.29, 0.717) is 33.9 Å². The summed E-state index contributed by atoms with van der Waals surface area (Å²) >= 11 is 0. The summed E-state index contributed by atoms with van der Waals surface area (Å²) in [6.45, 7) is 10.8. The van der Waals surface area contributed by atoms with Gasteiger partial charge < -0.3 is 33.2 Å². The molecule has 0 unspecified atom stereocenters. The zero-order valence-corrected chi connectivity index (χ0v) is 38.8. The van der Waals surface area contributed by atoms with Crippen LogP contribution in [0.15, 0.2) is 85.0 Å². The van der Waals surface area contributed by atoms with Crippen LogP contribution in [0.1, 0.15) is 109 Å². The van der Waals surface area contributed by atoms with Crippen LogP contribution >= 0.6 is 0 Å². The fraction of sp³-hybridized carbons (Fsp3) is 0.462. The van der Waals surface area contributed by atoms with Crippen LogP contribution in [-0.2, 0) is 52.5 Å². The molecule has 0 radical (unpaired) electrons. The third kappa shape index (κ3) is 16.3. The van der Waals surface area contributed by atoms with Crippen LogP contribution in [0.2, 0.25) is 0 Å². The predicted octanol–water partition coefficient (Wildman–Crippen LogP) is 9.97. The lowest BCUT2D eigenvalue weighted by Gasteiger charge is -2.32. The van der Waals surface area contributed by atoms with Gasteiger partial charge in [0.05, 0.1) is 39.9 Å². The average molecular weight is 915 g/mol. The normalized spacial score (nSPS) is 14.6. The molecule has 13 nitrogen and oxygen atoms in total. The minimum atomic E-state index is -1.49. The minimum absolute atomic E-state index is 0.0792. The number of rotatable bonds is 25. The second kappa shape index (κ2) is 26.0. The fourth-order valence-corrected chi connectivity index (χ4v) is 7.47. The molecule has 0 amide bonds. The number of methoxy groups -OCH3 is 2. The first-order valence-corrected chi connectivity index (χ1v) is 22.4. The number of carbonyl (C=O) groups excluding carboxylic acids is 6. The van der Waals surface area contributed by atoms with Gasteiger partial charge >= 0.3 is 35.8 Å². The van der Waals surface area contributed by atoms with E-state index in [1.54, 1.807) is 54.6 Å². The van der Waals surface area contributed by atoms with E-state index in [2.05, 4.69) is 29.6 Å². The maximum absolute atomic E-state index is 15.9. The van der Waals surface area contributed by atoms with Gasteiger partial charge in [0, 0.05) is 22.3 Å².